The average molecular weight is 237 g/mol. The summed E-state index contributed by atoms with van der Waals surface area (Å²) in [7, 11) is 1.60. The van der Waals surface area contributed by atoms with Crippen molar-refractivity contribution >= 4 is 19.7 Å². The fourth-order valence-electron chi connectivity index (χ4n) is 1.19. The maximum Gasteiger partial charge on any atom is 0.233 e. The van der Waals surface area contributed by atoms with Crippen LogP contribution in [0, 0.1) is 5.82 Å². The van der Waals surface area contributed by atoms with Gasteiger partial charge < -0.3 is 0 Å². The number of halogens is 2. The van der Waals surface area contributed by atoms with Crippen LogP contribution >= 0.6 is 10.7 Å². The molecule has 0 aromatic heterocycles. The molecule has 0 aliphatic carbocycles. The van der Waals surface area contributed by atoms with Crippen LogP contribution in [0.4, 0.5) is 4.39 Å². The highest BCUT2D eigenvalue weighted by Gasteiger charge is 2.14. The molecule has 1 atom stereocenters. The van der Waals surface area contributed by atoms with E-state index >= 15 is 0 Å². The molecule has 0 spiro atoms. The van der Waals surface area contributed by atoms with Crippen molar-refractivity contribution in [3.8, 4) is 0 Å². The van der Waals surface area contributed by atoms with E-state index in [9.17, 15) is 12.8 Å². The van der Waals surface area contributed by atoms with Gasteiger partial charge in [-0.1, -0.05) is 19.1 Å². The molecule has 78 valence electrons. The van der Waals surface area contributed by atoms with Gasteiger partial charge in [0.15, 0.2) is 0 Å². The topological polar surface area (TPSA) is 34.1 Å². The molecule has 2 nitrogen and oxygen atoms in total. The lowest BCUT2D eigenvalue weighted by molar-refractivity contribution is 0.604. The molecule has 0 aliphatic heterocycles. The molecule has 1 aromatic carbocycles. The van der Waals surface area contributed by atoms with Crippen LogP contribution in [0.3, 0.4) is 0 Å². The smallest absolute Gasteiger partial charge is 0.212 e. The van der Waals surface area contributed by atoms with Gasteiger partial charge >= 0.3 is 0 Å². The predicted molar refractivity (Wildman–Crippen MR) is 54.5 cm³/mol. The Hall–Kier alpha value is -0.610. The lowest BCUT2D eigenvalue weighted by atomic mass is 10.0. The molecule has 0 fully saturated rings. The van der Waals surface area contributed by atoms with E-state index < -0.39 is 9.05 Å². The first-order valence-electron chi connectivity index (χ1n) is 4.06. The van der Waals surface area contributed by atoms with Crippen LogP contribution in [-0.4, -0.2) is 14.2 Å². The van der Waals surface area contributed by atoms with Crippen LogP contribution in [0.25, 0.3) is 0 Å². The minimum atomic E-state index is -3.50. The van der Waals surface area contributed by atoms with Crippen LogP contribution in [-0.2, 0) is 9.05 Å². The Labute approximate surface area is 87.1 Å². The molecule has 0 heterocycles. The van der Waals surface area contributed by atoms with Gasteiger partial charge in [-0.15, -0.1) is 0 Å². The van der Waals surface area contributed by atoms with E-state index in [1.807, 2.05) is 0 Å². The maximum absolute atomic E-state index is 12.5. The summed E-state index contributed by atoms with van der Waals surface area (Å²) in [5.41, 5.74) is 0.760. The summed E-state index contributed by atoms with van der Waals surface area (Å²) >= 11 is 0. The lowest BCUT2D eigenvalue weighted by Crippen LogP contribution is -2.06. The second kappa shape index (κ2) is 4.28. The molecule has 0 radical (unpaired) electrons. The first-order chi connectivity index (χ1) is 6.38. The predicted octanol–water partition coefficient (Wildman–Crippen LogP) is 2.50. The van der Waals surface area contributed by atoms with Crippen molar-refractivity contribution < 1.29 is 12.8 Å². The second-order valence-electron chi connectivity index (χ2n) is 3.16. The zero-order chi connectivity index (χ0) is 10.8. The number of benzene rings is 1. The van der Waals surface area contributed by atoms with Crippen LogP contribution < -0.4 is 0 Å². The molecule has 0 bridgehead atoms. The fraction of sp³-hybridized carbons (Fsp3) is 0.333. The van der Waals surface area contributed by atoms with Crippen molar-refractivity contribution in [1.29, 1.82) is 0 Å². The second-order valence-corrected chi connectivity index (χ2v) is 5.98. The Morgan fingerprint density at radius 3 is 2.29 bits per heavy atom. The monoisotopic (exact) mass is 236 g/mol. The van der Waals surface area contributed by atoms with Crippen LogP contribution in [0.15, 0.2) is 24.3 Å². The first-order valence-corrected chi connectivity index (χ1v) is 6.54. The van der Waals surface area contributed by atoms with E-state index in [0.717, 1.165) is 5.56 Å². The summed E-state index contributed by atoms with van der Waals surface area (Å²) in [6.45, 7) is 1.73. The average Bonchev–Trinajstić information content (AvgIpc) is 2.02. The van der Waals surface area contributed by atoms with Crippen LogP contribution in [0.1, 0.15) is 18.4 Å². The zero-order valence-corrected chi connectivity index (χ0v) is 9.15. The Kier molecular flexibility index (Phi) is 3.50. The minimum Gasteiger partial charge on any atom is -0.212 e. The summed E-state index contributed by atoms with van der Waals surface area (Å²) in [5, 5.41) is 0. The van der Waals surface area contributed by atoms with Crippen molar-refractivity contribution in [2.45, 2.75) is 12.8 Å². The molecule has 1 unspecified atom stereocenters. The van der Waals surface area contributed by atoms with Crippen molar-refractivity contribution in [1.82, 2.24) is 0 Å². The number of rotatable bonds is 3. The van der Waals surface area contributed by atoms with Crippen LogP contribution in [0.2, 0.25) is 0 Å². The van der Waals surface area contributed by atoms with Gasteiger partial charge in [0.05, 0.1) is 5.75 Å². The molecule has 0 saturated heterocycles. The molecule has 0 aliphatic rings. The van der Waals surface area contributed by atoms with Gasteiger partial charge in [-0.3, -0.25) is 0 Å². The zero-order valence-electron chi connectivity index (χ0n) is 7.57. The largest absolute Gasteiger partial charge is 0.233 e. The van der Waals surface area contributed by atoms with E-state index in [1.165, 1.54) is 12.1 Å². The Morgan fingerprint density at radius 2 is 1.86 bits per heavy atom. The summed E-state index contributed by atoms with van der Waals surface area (Å²) in [6, 6.07) is 5.71. The highest BCUT2D eigenvalue weighted by molar-refractivity contribution is 8.13. The summed E-state index contributed by atoms with van der Waals surface area (Å²) in [5.74, 6) is -0.701. The molecule has 1 aromatic rings. The van der Waals surface area contributed by atoms with Crippen molar-refractivity contribution in [2.24, 2.45) is 0 Å². The molecular weight excluding hydrogens is 227 g/mol. The van der Waals surface area contributed by atoms with Crippen LogP contribution in [0.5, 0.6) is 0 Å². The third-order valence-electron chi connectivity index (χ3n) is 1.89. The van der Waals surface area contributed by atoms with E-state index in [0.29, 0.717) is 0 Å². The molecular formula is C9H10ClFO2S. The Balaban J connectivity index is 2.80. The van der Waals surface area contributed by atoms with E-state index in [-0.39, 0.29) is 17.5 Å². The van der Waals surface area contributed by atoms with Gasteiger partial charge in [0.1, 0.15) is 5.82 Å². The molecule has 5 heteroatoms. The highest BCUT2D eigenvalue weighted by atomic mass is 35.7. The molecule has 0 saturated carbocycles. The standard InChI is InChI=1S/C9H10ClFO2S/c1-7(6-14(10,12)13)8-2-4-9(11)5-3-8/h2-5,7H,6H2,1H3. The lowest BCUT2D eigenvalue weighted by Gasteiger charge is -2.08. The van der Waals surface area contributed by atoms with Gasteiger partial charge in [0.2, 0.25) is 9.05 Å². The van der Waals surface area contributed by atoms with Gasteiger partial charge in [-0.25, -0.2) is 12.8 Å². The van der Waals surface area contributed by atoms with Gasteiger partial charge in [-0.2, -0.15) is 0 Å². The van der Waals surface area contributed by atoms with E-state index in [1.54, 1.807) is 19.1 Å². The molecule has 0 N–H and O–H groups in total. The molecule has 0 amide bonds. The molecule has 14 heavy (non-hydrogen) atoms. The Morgan fingerprint density at radius 1 is 1.36 bits per heavy atom. The van der Waals surface area contributed by atoms with Gasteiger partial charge in [0, 0.05) is 10.7 Å². The SMILES string of the molecule is CC(CS(=O)(=O)Cl)c1ccc(F)cc1. The van der Waals surface area contributed by atoms with Crippen molar-refractivity contribution in [3.63, 3.8) is 0 Å². The van der Waals surface area contributed by atoms with E-state index in [4.69, 9.17) is 10.7 Å². The first kappa shape index (κ1) is 11.5. The maximum atomic E-state index is 12.5. The number of hydrogen-bond acceptors (Lipinski definition) is 2. The quantitative estimate of drug-likeness (QED) is 0.756. The normalized spacial score (nSPS) is 13.9. The summed E-state index contributed by atoms with van der Waals surface area (Å²) in [6.07, 6.45) is 0. The van der Waals surface area contributed by atoms with Crippen molar-refractivity contribution in [3.05, 3.63) is 35.6 Å². The number of hydrogen-bond donors (Lipinski definition) is 0. The fourth-order valence-corrected chi connectivity index (χ4v) is 2.54. The van der Waals surface area contributed by atoms with Gasteiger partial charge in [-0.05, 0) is 23.6 Å². The Bertz CT molecular complexity index is 399. The minimum absolute atomic E-state index is 0.139. The molecule has 1 rings (SSSR count). The van der Waals surface area contributed by atoms with E-state index in [2.05, 4.69) is 0 Å². The third kappa shape index (κ3) is 3.64. The highest BCUT2D eigenvalue weighted by Crippen LogP contribution is 2.18. The van der Waals surface area contributed by atoms with Crippen molar-refractivity contribution in [2.75, 3.05) is 5.75 Å². The third-order valence-corrected chi connectivity index (χ3v) is 3.16. The summed E-state index contributed by atoms with van der Waals surface area (Å²) < 4.78 is 34.1. The summed E-state index contributed by atoms with van der Waals surface area (Å²) in [4.78, 5) is 0. The van der Waals surface area contributed by atoms with Gasteiger partial charge in [0.25, 0.3) is 0 Å².